The maximum absolute atomic E-state index is 11.4. The Labute approximate surface area is 98.1 Å². The van der Waals surface area contributed by atoms with Crippen molar-refractivity contribution in [1.29, 1.82) is 0 Å². The van der Waals surface area contributed by atoms with Crippen LogP contribution >= 0.6 is 23.1 Å². The molecule has 1 unspecified atom stereocenters. The third-order valence-corrected chi connectivity index (χ3v) is 4.18. The van der Waals surface area contributed by atoms with E-state index in [0.717, 1.165) is 9.47 Å². The van der Waals surface area contributed by atoms with Crippen LogP contribution in [0, 0.1) is 0 Å². The van der Waals surface area contributed by atoms with Gasteiger partial charge >= 0.3 is 0 Å². The number of rotatable bonds is 5. The van der Waals surface area contributed by atoms with Crippen molar-refractivity contribution >= 4 is 34.0 Å². The lowest BCUT2D eigenvalue weighted by atomic mass is 10.2. The van der Waals surface area contributed by atoms with Crippen LogP contribution in [0.3, 0.4) is 0 Å². The predicted octanol–water partition coefficient (Wildman–Crippen LogP) is 2.06. The van der Waals surface area contributed by atoms with Crippen LogP contribution in [0.5, 0.6) is 0 Å². The molecule has 0 saturated carbocycles. The van der Waals surface area contributed by atoms with Gasteiger partial charge in [-0.1, -0.05) is 30.0 Å². The first-order chi connectivity index (χ1) is 7.04. The van der Waals surface area contributed by atoms with Crippen LogP contribution in [-0.4, -0.2) is 35.3 Å². The highest BCUT2D eigenvalue weighted by atomic mass is 32.2. The number of carbonyl (C=O) groups excluding carboxylic acids is 1. The Morgan fingerprint density at radius 3 is 2.67 bits per heavy atom. The van der Waals surface area contributed by atoms with Gasteiger partial charge in [-0.15, -0.1) is 10.2 Å². The molecule has 15 heavy (non-hydrogen) atoms. The molecule has 1 aromatic rings. The summed E-state index contributed by atoms with van der Waals surface area (Å²) >= 11 is 2.99. The zero-order chi connectivity index (χ0) is 11.4. The fourth-order valence-corrected chi connectivity index (χ4v) is 2.97. The minimum absolute atomic E-state index is 0.0297. The Morgan fingerprint density at radius 2 is 2.20 bits per heavy atom. The van der Waals surface area contributed by atoms with E-state index < -0.39 is 0 Å². The summed E-state index contributed by atoms with van der Waals surface area (Å²) in [6, 6.07) is 0. The van der Waals surface area contributed by atoms with Gasteiger partial charge in [0.2, 0.25) is 5.13 Å². The Morgan fingerprint density at radius 1 is 1.53 bits per heavy atom. The third-order valence-electron chi connectivity index (χ3n) is 1.86. The number of ketones is 1. The minimum atomic E-state index is -0.0297. The quantitative estimate of drug-likeness (QED) is 0.743. The van der Waals surface area contributed by atoms with Gasteiger partial charge in [0.1, 0.15) is 5.78 Å². The van der Waals surface area contributed by atoms with Gasteiger partial charge in [-0.05, 0) is 6.92 Å². The van der Waals surface area contributed by atoms with Gasteiger partial charge in [-0.2, -0.15) is 0 Å². The molecule has 1 rings (SSSR count). The molecular weight excluding hydrogens is 230 g/mol. The molecule has 0 bridgehead atoms. The van der Waals surface area contributed by atoms with Crippen LogP contribution in [-0.2, 0) is 4.79 Å². The van der Waals surface area contributed by atoms with Crippen LogP contribution in [0.15, 0.2) is 4.34 Å². The van der Waals surface area contributed by atoms with Crippen molar-refractivity contribution in [3.05, 3.63) is 0 Å². The van der Waals surface area contributed by atoms with Gasteiger partial charge in [0.15, 0.2) is 4.34 Å². The first-order valence-electron chi connectivity index (χ1n) is 4.74. The Balaban J connectivity index is 2.61. The molecule has 84 valence electrons. The van der Waals surface area contributed by atoms with E-state index >= 15 is 0 Å². The molecule has 0 fully saturated rings. The number of hydrogen-bond donors (Lipinski definition) is 0. The van der Waals surface area contributed by atoms with Gasteiger partial charge in [-0.25, -0.2) is 0 Å². The number of hydrogen-bond acceptors (Lipinski definition) is 6. The van der Waals surface area contributed by atoms with Crippen molar-refractivity contribution in [1.82, 2.24) is 10.2 Å². The lowest BCUT2D eigenvalue weighted by molar-refractivity contribution is -0.117. The zero-order valence-electron chi connectivity index (χ0n) is 9.35. The molecule has 0 N–H and O–H groups in total. The first kappa shape index (κ1) is 12.4. The standard InChI is InChI=1S/C9H15N3OS2/c1-5-7(13)6(2)14-9-11-10-8(15-9)12(3)4/h6H,5H2,1-4H3. The second-order valence-electron chi connectivity index (χ2n) is 3.32. The van der Waals surface area contributed by atoms with Crippen molar-refractivity contribution in [2.75, 3.05) is 19.0 Å². The first-order valence-corrected chi connectivity index (χ1v) is 6.44. The number of carbonyl (C=O) groups is 1. The van der Waals surface area contributed by atoms with Crippen molar-refractivity contribution < 1.29 is 4.79 Å². The summed E-state index contributed by atoms with van der Waals surface area (Å²) in [5.41, 5.74) is 0. The predicted molar refractivity (Wildman–Crippen MR) is 64.9 cm³/mol. The molecule has 1 heterocycles. The monoisotopic (exact) mass is 245 g/mol. The molecule has 6 heteroatoms. The Bertz CT molecular complexity index is 338. The molecule has 0 aliphatic carbocycles. The van der Waals surface area contributed by atoms with E-state index in [1.54, 1.807) is 0 Å². The largest absolute Gasteiger partial charge is 0.353 e. The fourth-order valence-electron chi connectivity index (χ4n) is 0.935. The molecular formula is C9H15N3OS2. The third kappa shape index (κ3) is 3.46. The fraction of sp³-hybridized carbons (Fsp3) is 0.667. The summed E-state index contributed by atoms with van der Waals surface area (Å²) in [6.45, 7) is 3.79. The van der Waals surface area contributed by atoms with E-state index in [-0.39, 0.29) is 11.0 Å². The average Bonchev–Trinajstić information content (AvgIpc) is 2.65. The maximum atomic E-state index is 11.4. The molecule has 0 amide bonds. The second-order valence-corrected chi connectivity index (χ2v) is 5.87. The summed E-state index contributed by atoms with van der Waals surface area (Å²) in [6.07, 6.45) is 0.577. The molecule has 0 spiro atoms. The van der Waals surface area contributed by atoms with Crippen LogP contribution in [0.1, 0.15) is 20.3 Å². The number of nitrogens with zero attached hydrogens (tertiary/aromatic N) is 3. The zero-order valence-corrected chi connectivity index (χ0v) is 11.0. The number of thioether (sulfide) groups is 1. The minimum Gasteiger partial charge on any atom is -0.353 e. The van der Waals surface area contributed by atoms with Gasteiger partial charge < -0.3 is 4.90 Å². The van der Waals surface area contributed by atoms with Crippen LogP contribution < -0.4 is 4.90 Å². The molecule has 0 aromatic carbocycles. The number of anilines is 1. The Hall–Kier alpha value is -0.620. The van der Waals surface area contributed by atoms with E-state index in [4.69, 9.17) is 0 Å². The molecule has 1 atom stereocenters. The molecule has 0 aliphatic heterocycles. The van der Waals surface area contributed by atoms with E-state index in [1.807, 2.05) is 32.8 Å². The summed E-state index contributed by atoms with van der Waals surface area (Å²) < 4.78 is 0.855. The SMILES string of the molecule is CCC(=O)C(C)Sc1nnc(N(C)C)s1. The highest BCUT2D eigenvalue weighted by Crippen LogP contribution is 2.30. The topological polar surface area (TPSA) is 46.1 Å². The van der Waals surface area contributed by atoms with Crippen molar-refractivity contribution in [3.63, 3.8) is 0 Å². The molecule has 0 aliphatic rings. The van der Waals surface area contributed by atoms with Crippen molar-refractivity contribution in [2.24, 2.45) is 0 Å². The maximum Gasteiger partial charge on any atom is 0.208 e. The molecule has 0 saturated heterocycles. The van der Waals surface area contributed by atoms with Crippen LogP contribution in [0.25, 0.3) is 0 Å². The van der Waals surface area contributed by atoms with Crippen LogP contribution in [0.4, 0.5) is 5.13 Å². The summed E-state index contributed by atoms with van der Waals surface area (Å²) in [4.78, 5) is 13.3. The van der Waals surface area contributed by atoms with E-state index in [9.17, 15) is 4.79 Å². The Kier molecular flexibility index (Phi) is 4.53. The number of aromatic nitrogens is 2. The van der Waals surface area contributed by atoms with Crippen molar-refractivity contribution in [2.45, 2.75) is 29.9 Å². The van der Waals surface area contributed by atoms with Crippen molar-refractivity contribution in [3.8, 4) is 0 Å². The van der Waals surface area contributed by atoms with E-state index in [0.29, 0.717) is 6.42 Å². The average molecular weight is 245 g/mol. The van der Waals surface area contributed by atoms with Gasteiger partial charge in [0.25, 0.3) is 0 Å². The number of Topliss-reactive ketones (excluding diaryl/α,β-unsaturated/α-hetero) is 1. The lowest BCUT2D eigenvalue weighted by Crippen LogP contribution is -2.10. The smallest absolute Gasteiger partial charge is 0.208 e. The summed E-state index contributed by atoms with van der Waals surface area (Å²) in [7, 11) is 3.85. The highest BCUT2D eigenvalue weighted by molar-refractivity contribution is 8.02. The van der Waals surface area contributed by atoms with Gasteiger partial charge in [-0.3, -0.25) is 4.79 Å². The lowest BCUT2D eigenvalue weighted by Gasteiger charge is -2.05. The van der Waals surface area contributed by atoms with E-state index in [1.165, 1.54) is 23.1 Å². The molecule has 0 radical (unpaired) electrons. The van der Waals surface area contributed by atoms with E-state index in [2.05, 4.69) is 10.2 Å². The summed E-state index contributed by atoms with van der Waals surface area (Å²) in [5, 5.41) is 8.89. The normalized spacial score (nSPS) is 12.5. The van der Waals surface area contributed by atoms with Crippen LogP contribution in [0.2, 0.25) is 0 Å². The summed E-state index contributed by atoms with van der Waals surface area (Å²) in [5.74, 6) is 0.251. The molecule has 1 aromatic heterocycles. The van der Waals surface area contributed by atoms with Gasteiger partial charge in [0.05, 0.1) is 5.25 Å². The molecule has 4 nitrogen and oxygen atoms in total. The second kappa shape index (κ2) is 5.46. The highest BCUT2D eigenvalue weighted by Gasteiger charge is 2.15. The van der Waals surface area contributed by atoms with Gasteiger partial charge in [0, 0.05) is 20.5 Å².